The summed E-state index contributed by atoms with van der Waals surface area (Å²) < 4.78 is 55.0. The summed E-state index contributed by atoms with van der Waals surface area (Å²) in [4.78, 5) is -0.167. The first kappa shape index (κ1) is 20.2. The topological polar surface area (TPSA) is 55.2 Å². The monoisotopic (exact) mass is 405 g/mol. The molecule has 0 N–H and O–H groups in total. The van der Waals surface area contributed by atoms with E-state index in [1.165, 1.54) is 18.2 Å². The second-order valence-corrected chi connectivity index (χ2v) is 8.34. The Labute approximate surface area is 163 Å². The van der Waals surface area contributed by atoms with Crippen LogP contribution in [0.3, 0.4) is 0 Å². The Morgan fingerprint density at radius 1 is 0.929 bits per heavy atom. The molecule has 0 fully saturated rings. The Hall–Kier alpha value is -2.58. The molecule has 3 aromatic rings. The van der Waals surface area contributed by atoms with Crippen LogP contribution in [0, 0.1) is 13.8 Å². The number of halogens is 2. The quantitative estimate of drug-likeness (QED) is 0.589. The van der Waals surface area contributed by atoms with Gasteiger partial charge in [0.15, 0.2) is 0 Å². The molecule has 0 amide bonds. The van der Waals surface area contributed by atoms with Crippen LogP contribution in [0.1, 0.15) is 29.1 Å². The maximum absolute atomic E-state index is 13.4. The summed E-state index contributed by atoms with van der Waals surface area (Å²) in [6.07, 6.45) is 0. The van der Waals surface area contributed by atoms with Crippen molar-refractivity contribution in [2.45, 2.75) is 38.4 Å². The van der Waals surface area contributed by atoms with Crippen molar-refractivity contribution in [2.75, 3.05) is 0 Å². The summed E-state index contributed by atoms with van der Waals surface area (Å²) >= 11 is 0. The average molecular weight is 405 g/mol. The predicted molar refractivity (Wildman–Crippen MR) is 102 cm³/mol. The molecule has 0 saturated heterocycles. The average Bonchev–Trinajstić information content (AvgIpc) is 2.98. The van der Waals surface area contributed by atoms with E-state index in [9.17, 15) is 17.2 Å². The molecule has 0 unspecified atom stereocenters. The molecule has 0 radical (unpaired) electrons. The van der Waals surface area contributed by atoms with Gasteiger partial charge in [-0.3, -0.25) is 0 Å². The van der Waals surface area contributed by atoms with Crippen molar-refractivity contribution < 1.29 is 17.2 Å². The van der Waals surface area contributed by atoms with Gasteiger partial charge in [0, 0.05) is 13.1 Å². The van der Waals surface area contributed by atoms with Crippen molar-refractivity contribution in [2.24, 2.45) is 0 Å². The molecule has 1 aromatic heterocycles. The Balaban J connectivity index is 2.05. The van der Waals surface area contributed by atoms with E-state index < -0.39 is 16.6 Å². The lowest BCUT2D eigenvalue weighted by atomic mass is 10.2. The molecule has 5 nitrogen and oxygen atoms in total. The van der Waals surface area contributed by atoms with Crippen LogP contribution in [-0.4, -0.2) is 22.5 Å². The van der Waals surface area contributed by atoms with Crippen LogP contribution in [0.15, 0.2) is 65.6 Å². The van der Waals surface area contributed by atoms with Crippen LogP contribution in [0.4, 0.5) is 8.78 Å². The molecule has 0 saturated carbocycles. The fourth-order valence-electron chi connectivity index (χ4n) is 3.14. The Bertz CT molecular complexity index is 995. The summed E-state index contributed by atoms with van der Waals surface area (Å²) in [6.45, 7) is 0.122. The largest absolute Gasteiger partial charge is 0.333 e. The molecule has 28 heavy (non-hydrogen) atoms. The summed E-state index contributed by atoms with van der Waals surface area (Å²) in [5.74, 6) is 0. The highest BCUT2D eigenvalue weighted by Gasteiger charge is 2.32. The van der Waals surface area contributed by atoms with E-state index in [1.54, 1.807) is 0 Å². The van der Waals surface area contributed by atoms with Crippen molar-refractivity contribution in [3.05, 3.63) is 83.2 Å². The van der Waals surface area contributed by atoms with Crippen LogP contribution in [-0.2, 0) is 23.1 Å². The van der Waals surface area contributed by atoms with E-state index >= 15 is 0 Å². The third-order valence-electron chi connectivity index (χ3n) is 4.44. The Morgan fingerprint density at radius 2 is 1.39 bits per heavy atom. The van der Waals surface area contributed by atoms with Gasteiger partial charge in [0.25, 0.3) is 0 Å². The molecule has 2 aromatic carbocycles. The van der Waals surface area contributed by atoms with E-state index in [0.29, 0.717) is 4.68 Å². The van der Waals surface area contributed by atoms with Crippen molar-refractivity contribution in [3.63, 3.8) is 0 Å². The van der Waals surface area contributed by atoms with Crippen molar-refractivity contribution in [1.29, 1.82) is 0 Å². The molecule has 0 aliphatic rings. The minimum atomic E-state index is -4.05. The number of aromatic nitrogens is 2. The van der Waals surface area contributed by atoms with Crippen molar-refractivity contribution in [3.8, 4) is 0 Å². The molecular formula is C20H21F2N3O2S. The molecule has 0 bridgehead atoms. The van der Waals surface area contributed by atoms with E-state index in [2.05, 4.69) is 5.10 Å². The number of hydrogen-bond acceptors (Lipinski definition) is 3. The molecule has 148 valence electrons. The van der Waals surface area contributed by atoms with Gasteiger partial charge in [0.2, 0.25) is 10.0 Å². The molecule has 8 heteroatoms. The van der Waals surface area contributed by atoms with Gasteiger partial charge >= 0.3 is 6.55 Å². The van der Waals surface area contributed by atoms with Gasteiger partial charge < -0.3 is 0 Å². The zero-order valence-corrected chi connectivity index (χ0v) is 16.4. The van der Waals surface area contributed by atoms with E-state index in [-0.39, 0.29) is 29.4 Å². The SMILES string of the molecule is Cc1nn(C(F)F)c(C)c1S(=O)(=O)N(Cc1ccccc1)Cc1ccccc1. The van der Waals surface area contributed by atoms with Gasteiger partial charge in [-0.1, -0.05) is 60.7 Å². The lowest BCUT2D eigenvalue weighted by Crippen LogP contribution is -2.31. The second kappa shape index (κ2) is 8.20. The fourth-order valence-corrected chi connectivity index (χ4v) is 4.92. The number of sulfonamides is 1. The first-order valence-corrected chi connectivity index (χ1v) is 10.2. The predicted octanol–water partition coefficient (Wildman–Crippen LogP) is 4.29. The van der Waals surface area contributed by atoms with Crippen molar-refractivity contribution in [1.82, 2.24) is 14.1 Å². The number of alkyl halides is 2. The normalized spacial score (nSPS) is 12.1. The third-order valence-corrected chi connectivity index (χ3v) is 6.49. The maximum Gasteiger partial charge on any atom is 0.333 e. The second-order valence-electron chi connectivity index (χ2n) is 6.47. The van der Waals surface area contributed by atoms with Gasteiger partial charge in [-0.15, -0.1) is 0 Å². The highest BCUT2D eigenvalue weighted by atomic mass is 32.2. The Morgan fingerprint density at radius 3 is 1.79 bits per heavy atom. The first-order chi connectivity index (χ1) is 13.3. The highest BCUT2D eigenvalue weighted by molar-refractivity contribution is 7.89. The van der Waals surface area contributed by atoms with E-state index in [4.69, 9.17) is 0 Å². The van der Waals surface area contributed by atoms with Gasteiger partial charge in [0.05, 0.1) is 11.4 Å². The summed E-state index contributed by atoms with van der Waals surface area (Å²) in [6, 6.07) is 18.3. The first-order valence-electron chi connectivity index (χ1n) is 8.72. The van der Waals surface area contributed by atoms with E-state index in [1.807, 2.05) is 60.7 Å². The Kier molecular flexibility index (Phi) is 5.90. The lowest BCUT2D eigenvalue weighted by Gasteiger charge is -2.23. The molecule has 0 atom stereocenters. The van der Waals surface area contributed by atoms with Gasteiger partial charge in [-0.25, -0.2) is 13.1 Å². The standard InChI is InChI=1S/C20H21F2N3O2S/c1-15-19(16(2)25(23-15)20(21)22)28(26,27)24(13-17-9-5-3-6-10-17)14-18-11-7-4-8-12-18/h3-12,20H,13-14H2,1-2H3. The number of hydrogen-bond donors (Lipinski definition) is 0. The summed E-state index contributed by atoms with van der Waals surface area (Å²) in [7, 11) is -4.05. The van der Waals surface area contributed by atoms with Crippen LogP contribution < -0.4 is 0 Å². The molecule has 0 aliphatic heterocycles. The smallest absolute Gasteiger partial charge is 0.207 e. The lowest BCUT2D eigenvalue weighted by molar-refractivity contribution is 0.0538. The van der Waals surface area contributed by atoms with Gasteiger partial charge in [-0.2, -0.15) is 18.2 Å². The number of nitrogens with zero attached hydrogens (tertiary/aromatic N) is 3. The zero-order valence-electron chi connectivity index (χ0n) is 15.6. The number of rotatable bonds is 7. The molecule has 3 rings (SSSR count). The number of aryl methyl sites for hydroxylation is 1. The third kappa shape index (κ3) is 4.13. The fraction of sp³-hybridized carbons (Fsp3) is 0.250. The summed E-state index contributed by atoms with van der Waals surface area (Å²) in [5, 5.41) is 3.73. The molecule has 0 spiro atoms. The minimum absolute atomic E-state index is 0.0592. The van der Waals surface area contributed by atoms with Gasteiger partial charge in [-0.05, 0) is 25.0 Å². The van der Waals surface area contributed by atoms with Crippen LogP contribution in [0.5, 0.6) is 0 Å². The minimum Gasteiger partial charge on any atom is -0.207 e. The number of benzene rings is 2. The molecular weight excluding hydrogens is 384 g/mol. The summed E-state index contributed by atoms with van der Waals surface area (Å²) in [5.41, 5.74) is 1.60. The van der Waals surface area contributed by atoms with Crippen LogP contribution in [0.2, 0.25) is 0 Å². The highest BCUT2D eigenvalue weighted by Crippen LogP contribution is 2.28. The molecule has 0 aliphatic carbocycles. The maximum atomic E-state index is 13.4. The van der Waals surface area contributed by atoms with Crippen molar-refractivity contribution >= 4 is 10.0 Å². The van der Waals surface area contributed by atoms with Crippen LogP contribution in [0.25, 0.3) is 0 Å². The van der Waals surface area contributed by atoms with Crippen LogP contribution >= 0.6 is 0 Å². The van der Waals surface area contributed by atoms with E-state index in [0.717, 1.165) is 11.1 Å². The zero-order chi connectivity index (χ0) is 20.3. The van der Waals surface area contributed by atoms with Gasteiger partial charge in [0.1, 0.15) is 4.90 Å². The molecule has 1 heterocycles.